The number of hydrogen-bond donors (Lipinski definition) is 3. The van der Waals surface area contributed by atoms with Crippen molar-refractivity contribution >= 4 is 21.8 Å². The molecule has 0 fully saturated rings. The van der Waals surface area contributed by atoms with Gasteiger partial charge in [-0.1, -0.05) is 12.1 Å². The fourth-order valence-electron chi connectivity index (χ4n) is 1.26. The highest BCUT2D eigenvalue weighted by atomic mass is 79.9. The van der Waals surface area contributed by atoms with Crippen molar-refractivity contribution in [3.05, 3.63) is 28.7 Å². The molecule has 0 radical (unpaired) electrons. The first-order valence-corrected chi connectivity index (χ1v) is 6.45. The Morgan fingerprint density at radius 2 is 2.22 bits per heavy atom. The van der Waals surface area contributed by atoms with E-state index in [2.05, 4.69) is 21.2 Å². The van der Waals surface area contributed by atoms with Crippen LogP contribution in [0.15, 0.2) is 28.7 Å². The first kappa shape index (κ1) is 14.9. The number of aliphatic hydroxyl groups is 1. The summed E-state index contributed by atoms with van der Waals surface area (Å²) in [6.45, 7) is 0.574. The van der Waals surface area contributed by atoms with Crippen LogP contribution in [0.25, 0.3) is 0 Å². The average Bonchev–Trinajstić information content (AvgIpc) is 2.36. The van der Waals surface area contributed by atoms with Gasteiger partial charge >= 0.3 is 0 Å². The summed E-state index contributed by atoms with van der Waals surface area (Å²) in [5.41, 5.74) is 5.23. The maximum atomic E-state index is 11.1. The van der Waals surface area contributed by atoms with Crippen molar-refractivity contribution in [1.29, 1.82) is 0 Å². The standard InChI is InChI=1S/C12H17BrN2O3/c13-10-3-1-2-4-11(10)18-8-9(16)7-15-12(17)5-6-14/h1-4,9,16H,5-8,14H2,(H,15,17). The minimum atomic E-state index is -0.751. The van der Waals surface area contributed by atoms with Crippen LogP contribution in [-0.4, -0.2) is 36.8 Å². The number of rotatable bonds is 7. The molecule has 18 heavy (non-hydrogen) atoms. The van der Waals surface area contributed by atoms with Gasteiger partial charge in [0.05, 0.1) is 4.47 Å². The quantitative estimate of drug-likeness (QED) is 0.689. The van der Waals surface area contributed by atoms with Gasteiger partial charge in [-0.25, -0.2) is 0 Å². The molecule has 1 aromatic carbocycles. The minimum absolute atomic E-state index is 0.117. The van der Waals surface area contributed by atoms with E-state index in [-0.39, 0.29) is 25.5 Å². The zero-order valence-electron chi connectivity index (χ0n) is 9.93. The summed E-state index contributed by atoms with van der Waals surface area (Å²) in [5, 5.41) is 12.2. The van der Waals surface area contributed by atoms with Gasteiger partial charge in [0.1, 0.15) is 18.5 Å². The van der Waals surface area contributed by atoms with E-state index < -0.39 is 6.10 Å². The second-order valence-corrected chi connectivity index (χ2v) is 4.59. The van der Waals surface area contributed by atoms with Crippen LogP contribution in [0.2, 0.25) is 0 Å². The predicted molar refractivity (Wildman–Crippen MR) is 72.3 cm³/mol. The van der Waals surface area contributed by atoms with Gasteiger partial charge in [0.2, 0.25) is 5.91 Å². The van der Waals surface area contributed by atoms with E-state index in [4.69, 9.17) is 10.5 Å². The third kappa shape index (κ3) is 5.48. The Labute approximate surface area is 114 Å². The lowest BCUT2D eigenvalue weighted by Crippen LogP contribution is -2.36. The summed E-state index contributed by atoms with van der Waals surface area (Å²) in [7, 11) is 0. The number of halogens is 1. The molecule has 0 spiro atoms. The van der Waals surface area contributed by atoms with Crippen LogP contribution in [0.4, 0.5) is 0 Å². The molecule has 1 amide bonds. The van der Waals surface area contributed by atoms with E-state index >= 15 is 0 Å². The summed E-state index contributed by atoms with van der Waals surface area (Å²) >= 11 is 3.34. The molecule has 4 N–H and O–H groups in total. The molecule has 1 atom stereocenters. The molecule has 5 nitrogen and oxygen atoms in total. The van der Waals surface area contributed by atoms with Crippen LogP contribution in [0, 0.1) is 0 Å². The number of ether oxygens (including phenoxy) is 1. The molecule has 0 aliphatic rings. The van der Waals surface area contributed by atoms with Gasteiger partial charge in [-0.2, -0.15) is 0 Å². The molecular formula is C12H17BrN2O3. The first-order chi connectivity index (χ1) is 8.63. The number of benzene rings is 1. The van der Waals surface area contributed by atoms with E-state index in [9.17, 15) is 9.90 Å². The second-order valence-electron chi connectivity index (χ2n) is 3.74. The van der Waals surface area contributed by atoms with E-state index in [1.54, 1.807) is 6.07 Å². The van der Waals surface area contributed by atoms with Crippen LogP contribution in [0.3, 0.4) is 0 Å². The minimum Gasteiger partial charge on any atom is -0.490 e. The smallest absolute Gasteiger partial charge is 0.221 e. The zero-order valence-corrected chi connectivity index (χ0v) is 11.5. The van der Waals surface area contributed by atoms with Crippen molar-refractivity contribution in [2.45, 2.75) is 12.5 Å². The lowest BCUT2D eigenvalue weighted by Gasteiger charge is -2.13. The lowest BCUT2D eigenvalue weighted by molar-refractivity contribution is -0.121. The molecule has 0 saturated carbocycles. The van der Waals surface area contributed by atoms with E-state index in [1.165, 1.54) is 0 Å². The molecule has 6 heteroatoms. The molecule has 0 aliphatic carbocycles. The topological polar surface area (TPSA) is 84.6 Å². The largest absolute Gasteiger partial charge is 0.490 e. The SMILES string of the molecule is NCCC(=O)NCC(O)COc1ccccc1Br. The predicted octanol–water partition coefficient (Wildman–Crippen LogP) is 0.654. The first-order valence-electron chi connectivity index (χ1n) is 5.65. The Morgan fingerprint density at radius 3 is 2.89 bits per heavy atom. The average molecular weight is 317 g/mol. The van der Waals surface area contributed by atoms with Crippen molar-refractivity contribution < 1.29 is 14.6 Å². The van der Waals surface area contributed by atoms with Crippen molar-refractivity contribution in [3.8, 4) is 5.75 Å². The monoisotopic (exact) mass is 316 g/mol. The van der Waals surface area contributed by atoms with Crippen molar-refractivity contribution in [2.24, 2.45) is 5.73 Å². The van der Waals surface area contributed by atoms with Gasteiger partial charge in [0.25, 0.3) is 0 Å². The van der Waals surface area contributed by atoms with Crippen LogP contribution in [0.1, 0.15) is 6.42 Å². The lowest BCUT2D eigenvalue weighted by atomic mass is 10.3. The van der Waals surface area contributed by atoms with Gasteiger partial charge in [-0.3, -0.25) is 4.79 Å². The Kier molecular flexibility index (Phi) is 6.70. The fourth-order valence-corrected chi connectivity index (χ4v) is 1.66. The maximum Gasteiger partial charge on any atom is 0.221 e. The number of nitrogens with one attached hydrogen (secondary N) is 1. The van der Waals surface area contributed by atoms with Crippen LogP contribution >= 0.6 is 15.9 Å². The molecule has 1 unspecified atom stereocenters. The molecule has 0 bridgehead atoms. The van der Waals surface area contributed by atoms with Crippen molar-refractivity contribution in [3.63, 3.8) is 0 Å². The second kappa shape index (κ2) is 8.07. The normalized spacial score (nSPS) is 11.9. The number of aliphatic hydroxyl groups excluding tert-OH is 1. The van der Waals surface area contributed by atoms with Gasteiger partial charge < -0.3 is 20.9 Å². The Bertz CT molecular complexity index is 387. The van der Waals surface area contributed by atoms with Crippen molar-refractivity contribution in [1.82, 2.24) is 5.32 Å². The number of carbonyl (C=O) groups excluding carboxylic acids is 1. The molecule has 0 saturated heterocycles. The number of amides is 1. The third-order valence-corrected chi connectivity index (χ3v) is 2.83. The zero-order chi connectivity index (χ0) is 13.4. The highest BCUT2D eigenvalue weighted by molar-refractivity contribution is 9.10. The summed E-state index contributed by atoms with van der Waals surface area (Å²) in [4.78, 5) is 11.1. The summed E-state index contributed by atoms with van der Waals surface area (Å²) < 4.78 is 6.24. The third-order valence-electron chi connectivity index (χ3n) is 2.17. The Morgan fingerprint density at radius 1 is 1.50 bits per heavy atom. The molecule has 1 rings (SSSR count). The molecule has 0 heterocycles. The van der Waals surface area contributed by atoms with E-state index in [1.807, 2.05) is 18.2 Å². The summed E-state index contributed by atoms with van der Waals surface area (Å²) in [6.07, 6.45) is -0.489. The Balaban J connectivity index is 2.27. The van der Waals surface area contributed by atoms with Crippen LogP contribution in [0.5, 0.6) is 5.75 Å². The van der Waals surface area contributed by atoms with Crippen molar-refractivity contribution in [2.75, 3.05) is 19.7 Å². The molecule has 0 aliphatic heterocycles. The van der Waals surface area contributed by atoms with Gasteiger partial charge in [0, 0.05) is 19.5 Å². The van der Waals surface area contributed by atoms with E-state index in [0.29, 0.717) is 12.3 Å². The maximum absolute atomic E-state index is 11.1. The number of hydrogen-bond acceptors (Lipinski definition) is 4. The highest BCUT2D eigenvalue weighted by Gasteiger charge is 2.08. The summed E-state index contributed by atoms with van der Waals surface area (Å²) in [5.74, 6) is 0.488. The fraction of sp³-hybridized carbons (Fsp3) is 0.417. The number of carbonyl (C=O) groups is 1. The highest BCUT2D eigenvalue weighted by Crippen LogP contribution is 2.23. The molecule has 1 aromatic rings. The van der Waals surface area contributed by atoms with E-state index in [0.717, 1.165) is 4.47 Å². The van der Waals surface area contributed by atoms with Crippen LogP contribution < -0.4 is 15.8 Å². The Hall–Kier alpha value is -1.11. The molecule has 0 aromatic heterocycles. The van der Waals surface area contributed by atoms with Gasteiger partial charge in [0.15, 0.2) is 0 Å². The molecular weight excluding hydrogens is 300 g/mol. The molecule has 100 valence electrons. The van der Waals surface area contributed by atoms with Crippen LogP contribution in [-0.2, 0) is 4.79 Å². The van der Waals surface area contributed by atoms with Gasteiger partial charge in [-0.05, 0) is 28.1 Å². The number of nitrogens with two attached hydrogens (primary N) is 1. The summed E-state index contributed by atoms with van der Waals surface area (Å²) in [6, 6.07) is 7.37. The number of para-hydroxylation sites is 1. The van der Waals surface area contributed by atoms with Gasteiger partial charge in [-0.15, -0.1) is 0 Å².